The third kappa shape index (κ3) is 4.40. The van der Waals surface area contributed by atoms with E-state index >= 15 is 0 Å². The molecule has 4 aliphatic carbocycles. The number of aromatic nitrogens is 2. The summed E-state index contributed by atoms with van der Waals surface area (Å²) in [5, 5.41) is 13.4. The van der Waals surface area contributed by atoms with Crippen LogP contribution in [0.2, 0.25) is 0 Å². The van der Waals surface area contributed by atoms with Crippen LogP contribution in [0, 0.1) is 57.7 Å². The molecule has 0 N–H and O–H groups in total. The molecule has 0 amide bonds. The van der Waals surface area contributed by atoms with E-state index in [0.717, 1.165) is 36.5 Å². The van der Waals surface area contributed by atoms with Crippen molar-refractivity contribution >= 4 is 5.78 Å². The average molecular weight is 478 g/mol. The molecule has 4 fully saturated rings. The van der Waals surface area contributed by atoms with Crippen molar-refractivity contribution in [1.29, 1.82) is 5.26 Å². The van der Waals surface area contributed by atoms with Gasteiger partial charge in [0, 0.05) is 12.1 Å². The Bertz CT molecular complexity index is 931. The first-order valence-corrected chi connectivity index (χ1v) is 14.9. The molecule has 0 aromatic carbocycles. The molecule has 4 saturated carbocycles. The summed E-state index contributed by atoms with van der Waals surface area (Å²) in [6.07, 6.45) is 22.1. The summed E-state index contributed by atoms with van der Waals surface area (Å²) in [6, 6.07) is 2.14. The molecule has 0 bridgehead atoms. The van der Waals surface area contributed by atoms with E-state index in [4.69, 9.17) is 5.26 Å². The van der Waals surface area contributed by atoms with Gasteiger partial charge < -0.3 is 0 Å². The highest BCUT2D eigenvalue weighted by atomic mass is 16.1. The summed E-state index contributed by atoms with van der Waals surface area (Å²) in [5.41, 5.74) is 1.33. The van der Waals surface area contributed by atoms with Crippen molar-refractivity contribution in [2.75, 3.05) is 0 Å². The van der Waals surface area contributed by atoms with E-state index in [-0.39, 0.29) is 11.3 Å². The maximum absolute atomic E-state index is 13.7. The van der Waals surface area contributed by atoms with Crippen LogP contribution in [0.25, 0.3) is 0 Å². The minimum Gasteiger partial charge on any atom is -0.297 e. The van der Waals surface area contributed by atoms with E-state index in [1.54, 1.807) is 17.1 Å². The molecule has 2 unspecified atom stereocenters. The molecule has 192 valence electrons. The SMILES string of the molecule is CCCC[C@H]1C2CC[C@H](C(=O)Cn3cc(C#N)cn3)[C@@]2(CC)CCC1[C@]1(C2CC2)CC[C@@H](C)CC1. The quantitative estimate of drug-likeness (QED) is 0.368. The van der Waals surface area contributed by atoms with Crippen molar-refractivity contribution in [2.45, 2.75) is 117 Å². The fourth-order valence-corrected chi connectivity index (χ4v) is 9.64. The van der Waals surface area contributed by atoms with Gasteiger partial charge >= 0.3 is 0 Å². The van der Waals surface area contributed by atoms with Crippen LogP contribution in [-0.4, -0.2) is 15.6 Å². The predicted octanol–water partition coefficient (Wildman–Crippen LogP) is 7.57. The van der Waals surface area contributed by atoms with Gasteiger partial charge in [-0.3, -0.25) is 9.48 Å². The van der Waals surface area contributed by atoms with Gasteiger partial charge in [0.15, 0.2) is 5.78 Å². The zero-order valence-corrected chi connectivity index (χ0v) is 22.5. The van der Waals surface area contributed by atoms with Crippen LogP contribution >= 0.6 is 0 Å². The number of carbonyl (C=O) groups is 1. The predicted molar refractivity (Wildman–Crippen MR) is 139 cm³/mol. The van der Waals surface area contributed by atoms with Crippen LogP contribution in [0.4, 0.5) is 0 Å². The van der Waals surface area contributed by atoms with E-state index in [9.17, 15) is 4.79 Å². The first kappa shape index (κ1) is 25.0. The lowest BCUT2D eigenvalue weighted by molar-refractivity contribution is -0.133. The molecule has 4 aliphatic rings. The summed E-state index contributed by atoms with van der Waals surface area (Å²) in [6.45, 7) is 7.52. The first-order valence-electron chi connectivity index (χ1n) is 14.9. The Hall–Kier alpha value is -1.63. The zero-order chi connectivity index (χ0) is 24.6. The van der Waals surface area contributed by atoms with Gasteiger partial charge in [-0.05, 0) is 105 Å². The van der Waals surface area contributed by atoms with Gasteiger partial charge in [0.05, 0.1) is 18.3 Å². The third-order valence-corrected chi connectivity index (χ3v) is 11.5. The standard InChI is InChI=1S/C31H47N3O/c1-4-6-7-25-26-10-11-28(29(35)21-34-20-23(18-32)19-33-34)30(26,5-2)17-14-27(25)31(24-8-9-24)15-12-22(3)13-16-31/h19-20,22,24-28H,4-17,21H2,1-3H3/t22-,25-,26?,27?,28+,30-,31-/m0/s1. The minimum atomic E-state index is 0.167. The van der Waals surface area contributed by atoms with Gasteiger partial charge in [-0.1, -0.05) is 46.5 Å². The molecule has 4 nitrogen and oxygen atoms in total. The van der Waals surface area contributed by atoms with Gasteiger partial charge in [0.2, 0.25) is 0 Å². The van der Waals surface area contributed by atoms with E-state index in [1.165, 1.54) is 77.0 Å². The second-order valence-corrected chi connectivity index (χ2v) is 13.0. The number of Topliss-reactive ketones (excluding diaryl/α,β-unsaturated/α-hetero) is 1. The van der Waals surface area contributed by atoms with Crippen molar-refractivity contribution in [2.24, 2.45) is 46.3 Å². The highest BCUT2D eigenvalue weighted by Crippen LogP contribution is 2.69. The number of nitrogens with zero attached hydrogens (tertiary/aromatic N) is 3. The lowest BCUT2D eigenvalue weighted by Gasteiger charge is -2.57. The highest BCUT2D eigenvalue weighted by Gasteiger charge is 2.62. The number of carbonyl (C=O) groups excluding carboxylic acids is 1. The molecular weight excluding hydrogens is 430 g/mol. The molecule has 0 aliphatic heterocycles. The summed E-state index contributed by atoms with van der Waals surface area (Å²) in [4.78, 5) is 13.7. The highest BCUT2D eigenvalue weighted by molar-refractivity contribution is 5.82. The van der Waals surface area contributed by atoms with Crippen LogP contribution < -0.4 is 0 Å². The Morgan fingerprint density at radius 1 is 1.09 bits per heavy atom. The van der Waals surface area contributed by atoms with Gasteiger partial charge in [-0.25, -0.2) is 0 Å². The lowest BCUT2D eigenvalue weighted by atomic mass is 9.47. The number of rotatable bonds is 9. The van der Waals surface area contributed by atoms with Crippen LogP contribution in [0.3, 0.4) is 0 Å². The second kappa shape index (κ2) is 10.0. The second-order valence-electron chi connectivity index (χ2n) is 13.0. The van der Waals surface area contributed by atoms with Crippen molar-refractivity contribution in [3.05, 3.63) is 18.0 Å². The normalized spacial score (nSPS) is 39.2. The van der Waals surface area contributed by atoms with E-state index < -0.39 is 0 Å². The Morgan fingerprint density at radius 3 is 2.49 bits per heavy atom. The van der Waals surface area contributed by atoms with E-state index in [0.29, 0.717) is 29.2 Å². The number of unbranched alkanes of at least 4 members (excludes halogenated alkanes) is 1. The number of fused-ring (bicyclic) bond motifs is 1. The van der Waals surface area contributed by atoms with Crippen LogP contribution in [-0.2, 0) is 11.3 Å². The fraction of sp³-hybridized carbons (Fsp3) is 0.839. The smallest absolute Gasteiger partial charge is 0.157 e. The van der Waals surface area contributed by atoms with Crippen LogP contribution in [0.1, 0.15) is 116 Å². The number of hydrogen-bond acceptors (Lipinski definition) is 3. The fourth-order valence-electron chi connectivity index (χ4n) is 9.64. The Balaban J connectivity index is 1.41. The topological polar surface area (TPSA) is 58.7 Å². The monoisotopic (exact) mass is 477 g/mol. The molecule has 0 spiro atoms. The summed E-state index contributed by atoms with van der Waals surface area (Å²) in [5.74, 6) is 4.84. The van der Waals surface area contributed by atoms with E-state index in [2.05, 4.69) is 31.9 Å². The molecular formula is C31H47N3O. The summed E-state index contributed by atoms with van der Waals surface area (Å²) in [7, 11) is 0. The van der Waals surface area contributed by atoms with Gasteiger partial charge in [-0.2, -0.15) is 10.4 Å². The first-order chi connectivity index (χ1) is 17.0. The van der Waals surface area contributed by atoms with Crippen molar-refractivity contribution in [1.82, 2.24) is 9.78 Å². The van der Waals surface area contributed by atoms with Crippen molar-refractivity contribution < 1.29 is 4.79 Å². The Kier molecular flexibility index (Phi) is 7.17. The molecule has 35 heavy (non-hydrogen) atoms. The average Bonchev–Trinajstić information content (AvgIpc) is 3.51. The van der Waals surface area contributed by atoms with Crippen LogP contribution in [0.5, 0.6) is 0 Å². The van der Waals surface area contributed by atoms with Crippen LogP contribution in [0.15, 0.2) is 12.4 Å². The molecule has 5 rings (SSSR count). The maximum Gasteiger partial charge on any atom is 0.157 e. The molecule has 1 aromatic heterocycles. The molecule has 5 atom stereocenters. The Labute approximate surface area is 213 Å². The zero-order valence-electron chi connectivity index (χ0n) is 22.5. The largest absolute Gasteiger partial charge is 0.297 e. The number of ketones is 1. The summed E-state index contributed by atoms with van der Waals surface area (Å²) < 4.78 is 1.70. The molecule has 0 saturated heterocycles. The lowest BCUT2D eigenvalue weighted by Crippen LogP contribution is -2.51. The maximum atomic E-state index is 13.7. The van der Waals surface area contributed by atoms with Gasteiger partial charge in [-0.15, -0.1) is 0 Å². The Morgan fingerprint density at radius 2 is 1.86 bits per heavy atom. The molecule has 1 heterocycles. The van der Waals surface area contributed by atoms with Gasteiger partial charge in [0.1, 0.15) is 6.07 Å². The van der Waals surface area contributed by atoms with Crippen molar-refractivity contribution in [3.63, 3.8) is 0 Å². The van der Waals surface area contributed by atoms with E-state index in [1.807, 2.05) is 0 Å². The minimum absolute atomic E-state index is 0.167. The molecule has 0 radical (unpaired) electrons. The van der Waals surface area contributed by atoms with Gasteiger partial charge in [0.25, 0.3) is 0 Å². The third-order valence-electron chi connectivity index (χ3n) is 11.5. The number of hydrogen-bond donors (Lipinski definition) is 0. The number of nitriles is 1. The summed E-state index contributed by atoms with van der Waals surface area (Å²) >= 11 is 0. The molecule has 4 heteroatoms. The molecule has 1 aromatic rings. The van der Waals surface area contributed by atoms with Crippen molar-refractivity contribution in [3.8, 4) is 6.07 Å².